The van der Waals surface area contributed by atoms with E-state index in [1.165, 1.54) is 25.0 Å². The van der Waals surface area contributed by atoms with Crippen LogP contribution in [0, 0.1) is 0 Å². The van der Waals surface area contributed by atoms with E-state index in [1.807, 2.05) is 0 Å². The number of carbonyl (C=O) groups is 4. The zero-order valence-electron chi connectivity index (χ0n) is 19.3. The molecule has 2 aromatic carbocycles. The number of benzene rings is 2. The number of nitrogens with one attached hydrogen (secondary N) is 1. The lowest BCUT2D eigenvalue weighted by molar-refractivity contribution is -0.154. The van der Waals surface area contributed by atoms with Gasteiger partial charge in [0.1, 0.15) is 21.7 Å². The Kier molecular flexibility index (Phi) is 6.53. The third-order valence-corrected chi connectivity index (χ3v) is 7.05. The van der Waals surface area contributed by atoms with Crippen molar-refractivity contribution in [1.82, 2.24) is 15.0 Å². The highest BCUT2D eigenvalue weighted by Crippen LogP contribution is 2.36. The smallest absolute Gasteiger partial charge is 0.348 e. The molecule has 3 unspecified atom stereocenters. The maximum atomic E-state index is 14.7. The number of hydrogen-bond donors (Lipinski definition) is 1. The minimum atomic E-state index is -3.73. The van der Waals surface area contributed by atoms with Crippen molar-refractivity contribution in [2.24, 2.45) is 0 Å². The summed E-state index contributed by atoms with van der Waals surface area (Å²) in [6, 6.07) is 8.87. The molecule has 0 aliphatic carbocycles. The standard InChI is InChI=1S/C22H21B3ClF2N3O4/c23-15-16(24)18(32)29-19(33)17(15)30-9-11-7-10(1-6-14(11)20(30)34)8-31(25)21(35)22(27,28)12-2-4-13(26)5-3-12/h1-7,15-17H,8-9,23-25H2,(H,29,32,33). The maximum absolute atomic E-state index is 14.7. The van der Waals surface area contributed by atoms with Gasteiger partial charge in [0, 0.05) is 35.1 Å². The summed E-state index contributed by atoms with van der Waals surface area (Å²) in [5, 5.41) is 2.61. The number of hydrogen-bond acceptors (Lipinski definition) is 4. The van der Waals surface area contributed by atoms with Crippen molar-refractivity contribution in [2.45, 2.75) is 36.7 Å². The highest BCUT2D eigenvalue weighted by atomic mass is 35.5. The Balaban J connectivity index is 1.50. The fourth-order valence-corrected chi connectivity index (χ4v) is 4.70. The van der Waals surface area contributed by atoms with E-state index in [0.717, 1.165) is 16.9 Å². The van der Waals surface area contributed by atoms with Gasteiger partial charge in [-0.05, 0) is 35.1 Å². The van der Waals surface area contributed by atoms with Crippen LogP contribution in [0.2, 0.25) is 16.7 Å². The second-order valence-electron chi connectivity index (χ2n) is 9.11. The van der Waals surface area contributed by atoms with Gasteiger partial charge >= 0.3 is 5.92 Å². The van der Waals surface area contributed by atoms with Gasteiger partial charge in [0.2, 0.25) is 19.8 Å². The van der Waals surface area contributed by atoms with Gasteiger partial charge in [0.05, 0.1) is 0 Å². The zero-order valence-corrected chi connectivity index (χ0v) is 20.1. The van der Waals surface area contributed by atoms with Crippen LogP contribution < -0.4 is 5.32 Å². The molecule has 4 amide bonds. The molecule has 1 N–H and O–H groups in total. The molecule has 13 heteroatoms. The minimum absolute atomic E-state index is 0.102. The molecule has 0 spiro atoms. The van der Waals surface area contributed by atoms with E-state index in [0.29, 0.717) is 16.7 Å². The molecule has 0 aromatic heterocycles. The van der Waals surface area contributed by atoms with Crippen LogP contribution in [-0.2, 0) is 33.4 Å². The second-order valence-corrected chi connectivity index (χ2v) is 9.55. The average Bonchev–Trinajstić information content (AvgIpc) is 3.12. The zero-order chi connectivity index (χ0) is 25.7. The van der Waals surface area contributed by atoms with Crippen molar-refractivity contribution in [3.63, 3.8) is 0 Å². The number of halogens is 3. The van der Waals surface area contributed by atoms with Gasteiger partial charge in [0.25, 0.3) is 11.8 Å². The van der Waals surface area contributed by atoms with Gasteiger partial charge in [-0.25, -0.2) is 0 Å². The topological polar surface area (TPSA) is 86.8 Å². The molecule has 1 saturated heterocycles. The van der Waals surface area contributed by atoms with Crippen LogP contribution in [0.4, 0.5) is 8.78 Å². The van der Waals surface area contributed by atoms with Crippen molar-refractivity contribution in [2.75, 3.05) is 0 Å². The Morgan fingerprint density at radius 1 is 1.11 bits per heavy atom. The summed E-state index contributed by atoms with van der Waals surface area (Å²) in [5.41, 5.74) is 1.13. The van der Waals surface area contributed by atoms with Crippen LogP contribution >= 0.6 is 11.6 Å². The summed E-state index contributed by atoms with van der Waals surface area (Å²) in [6.45, 7) is 0.0409. The molecule has 7 nitrogen and oxygen atoms in total. The number of amides is 4. The Hall–Kier alpha value is -3.14. The summed E-state index contributed by atoms with van der Waals surface area (Å²) in [7, 11) is 4.75. The second kappa shape index (κ2) is 9.15. The van der Waals surface area contributed by atoms with E-state index in [-0.39, 0.29) is 35.7 Å². The molecule has 178 valence electrons. The summed E-state index contributed by atoms with van der Waals surface area (Å²) in [6.07, 6.45) is 0. The Bertz CT molecular complexity index is 1230. The van der Waals surface area contributed by atoms with Crippen molar-refractivity contribution in [3.05, 3.63) is 69.7 Å². The third kappa shape index (κ3) is 4.47. The molecule has 4 rings (SSSR count). The quantitative estimate of drug-likeness (QED) is 0.460. The number of fused-ring (bicyclic) bond motifs is 1. The number of imide groups is 1. The van der Waals surface area contributed by atoms with Crippen LogP contribution in [0.5, 0.6) is 0 Å². The van der Waals surface area contributed by atoms with E-state index < -0.39 is 35.2 Å². The van der Waals surface area contributed by atoms with Gasteiger partial charge in [0.15, 0.2) is 0 Å². The van der Waals surface area contributed by atoms with Gasteiger partial charge < -0.3 is 9.71 Å². The largest absolute Gasteiger partial charge is 0.384 e. The first-order valence-electron chi connectivity index (χ1n) is 11.1. The number of piperidine rings is 1. The lowest BCUT2D eigenvalue weighted by atomic mass is 9.60. The van der Waals surface area contributed by atoms with Crippen LogP contribution in [0.25, 0.3) is 0 Å². The molecule has 2 aliphatic heterocycles. The Labute approximate surface area is 208 Å². The number of nitrogens with zero attached hydrogens (tertiary/aromatic N) is 2. The predicted octanol–water partition coefficient (Wildman–Crippen LogP) is -0.167. The molecule has 1 fully saturated rings. The summed E-state index contributed by atoms with van der Waals surface area (Å²) in [4.78, 5) is 52.4. The summed E-state index contributed by atoms with van der Waals surface area (Å²) < 4.78 is 29.5. The van der Waals surface area contributed by atoms with Crippen LogP contribution in [0.3, 0.4) is 0 Å². The van der Waals surface area contributed by atoms with Gasteiger partial charge in [-0.2, -0.15) is 8.78 Å². The fourth-order valence-electron chi connectivity index (χ4n) is 4.57. The molecule has 3 atom stereocenters. The molecular formula is C22H21B3ClF2N3O4. The molecule has 0 saturated carbocycles. The Morgan fingerprint density at radius 2 is 1.77 bits per heavy atom. The van der Waals surface area contributed by atoms with Crippen molar-refractivity contribution in [1.29, 1.82) is 0 Å². The van der Waals surface area contributed by atoms with Gasteiger partial charge in [-0.15, -0.1) is 0 Å². The molecule has 2 heterocycles. The first-order chi connectivity index (χ1) is 16.4. The SMILES string of the molecule is BC1C(=O)NC(=O)C(N2Cc3cc(CN(B)C(=O)C(F)(F)c4ccc(Cl)cc4)ccc3C2=O)C1B. The lowest BCUT2D eigenvalue weighted by Gasteiger charge is -2.38. The number of carbonyl (C=O) groups excluding carboxylic acids is 4. The first kappa shape index (κ1) is 25.0. The third-order valence-electron chi connectivity index (χ3n) is 6.79. The summed E-state index contributed by atoms with van der Waals surface area (Å²) >= 11 is 5.75. The maximum Gasteiger partial charge on any atom is 0.348 e. The molecular weight excluding hydrogens is 476 g/mol. The van der Waals surface area contributed by atoms with Crippen LogP contribution in [-0.4, -0.2) is 63.1 Å². The summed E-state index contributed by atoms with van der Waals surface area (Å²) in [5.74, 6) is -7.13. The van der Waals surface area contributed by atoms with E-state index in [4.69, 9.17) is 11.6 Å². The van der Waals surface area contributed by atoms with E-state index >= 15 is 0 Å². The van der Waals surface area contributed by atoms with Gasteiger partial charge in [-0.3, -0.25) is 24.5 Å². The molecule has 0 bridgehead atoms. The highest BCUT2D eigenvalue weighted by Gasteiger charge is 2.46. The van der Waals surface area contributed by atoms with E-state index in [2.05, 4.69) is 5.32 Å². The molecule has 35 heavy (non-hydrogen) atoms. The fraction of sp³-hybridized carbons (Fsp3) is 0.273. The van der Waals surface area contributed by atoms with E-state index in [1.54, 1.807) is 33.9 Å². The van der Waals surface area contributed by atoms with Crippen molar-refractivity contribution < 1.29 is 28.0 Å². The highest BCUT2D eigenvalue weighted by molar-refractivity contribution is 6.34. The number of rotatable bonds is 5. The normalized spacial score (nSPS) is 22.1. The van der Waals surface area contributed by atoms with Crippen LogP contribution in [0.1, 0.15) is 27.0 Å². The molecule has 2 aliphatic rings. The minimum Gasteiger partial charge on any atom is -0.384 e. The monoisotopic (exact) mass is 497 g/mol. The average molecular weight is 497 g/mol. The van der Waals surface area contributed by atoms with E-state index in [9.17, 15) is 28.0 Å². The molecule has 2 aromatic rings. The van der Waals surface area contributed by atoms with Crippen molar-refractivity contribution >= 4 is 58.9 Å². The predicted molar refractivity (Wildman–Crippen MR) is 132 cm³/mol. The van der Waals surface area contributed by atoms with Crippen molar-refractivity contribution in [3.8, 4) is 0 Å². The number of alkyl halides is 2. The molecule has 0 radical (unpaired) electrons. The Morgan fingerprint density at radius 3 is 2.43 bits per heavy atom. The van der Waals surface area contributed by atoms with Gasteiger partial charge in [-0.1, -0.05) is 35.9 Å². The van der Waals surface area contributed by atoms with Crippen LogP contribution in [0.15, 0.2) is 42.5 Å². The first-order valence-corrected chi connectivity index (χ1v) is 11.5. The lowest BCUT2D eigenvalue weighted by Crippen LogP contribution is -2.57.